The van der Waals surface area contributed by atoms with Crippen LogP contribution in [0.1, 0.15) is 41.5 Å². The molecule has 0 aliphatic carbocycles. The molecule has 0 bridgehead atoms. The molecular formula is C17H21N3O. The second-order valence-corrected chi connectivity index (χ2v) is 6.51. The number of rotatable bonds is 2. The zero-order valence-corrected chi connectivity index (χ0v) is 12.8. The molecule has 0 saturated carbocycles. The number of nitrogens with one attached hydrogen (secondary N) is 1. The highest BCUT2D eigenvalue weighted by Gasteiger charge is 2.42. The smallest absolute Gasteiger partial charge is 0.274 e. The first kappa shape index (κ1) is 13.9. The summed E-state index contributed by atoms with van der Waals surface area (Å²) >= 11 is 0. The number of hydrogen-bond donors (Lipinski definition) is 1. The van der Waals surface area contributed by atoms with Crippen molar-refractivity contribution in [1.29, 1.82) is 0 Å². The minimum absolute atomic E-state index is 0.0280. The van der Waals surface area contributed by atoms with E-state index in [1.54, 1.807) is 6.33 Å². The first-order valence-corrected chi connectivity index (χ1v) is 7.33. The van der Waals surface area contributed by atoms with Crippen LogP contribution in [-0.2, 0) is 0 Å². The van der Waals surface area contributed by atoms with Crippen LogP contribution in [0.5, 0.6) is 0 Å². The van der Waals surface area contributed by atoms with E-state index >= 15 is 0 Å². The van der Waals surface area contributed by atoms with Crippen molar-refractivity contribution in [2.75, 3.05) is 13.1 Å². The molecule has 4 heteroatoms. The molecule has 1 aliphatic rings. The first-order valence-electron chi connectivity index (χ1n) is 7.33. The third-order valence-corrected chi connectivity index (χ3v) is 4.47. The Labute approximate surface area is 125 Å². The molecule has 21 heavy (non-hydrogen) atoms. The monoisotopic (exact) mass is 283 g/mol. The first-order chi connectivity index (χ1) is 9.99. The summed E-state index contributed by atoms with van der Waals surface area (Å²) in [4.78, 5) is 21.7. The van der Waals surface area contributed by atoms with Crippen molar-refractivity contribution in [3.63, 3.8) is 0 Å². The van der Waals surface area contributed by atoms with E-state index in [0.29, 0.717) is 11.6 Å². The van der Waals surface area contributed by atoms with Crippen LogP contribution in [0.2, 0.25) is 0 Å². The fourth-order valence-corrected chi connectivity index (χ4v) is 3.26. The van der Waals surface area contributed by atoms with E-state index in [1.165, 1.54) is 5.56 Å². The fraction of sp³-hybridized carbons (Fsp3) is 0.412. The van der Waals surface area contributed by atoms with Crippen molar-refractivity contribution in [3.8, 4) is 0 Å². The maximum atomic E-state index is 12.6. The maximum Gasteiger partial charge on any atom is 0.274 e. The summed E-state index contributed by atoms with van der Waals surface area (Å²) in [6, 6.07) is 10.5. The second-order valence-electron chi connectivity index (χ2n) is 6.51. The number of aryl methyl sites for hydroxylation is 1. The lowest BCUT2D eigenvalue weighted by Crippen LogP contribution is -2.30. The predicted octanol–water partition coefficient (Wildman–Crippen LogP) is 2.98. The van der Waals surface area contributed by atoms with Gasteiger partial charge in [0.1, 0.15) is 5.69 Å². The van der Waals surface area contributed by atoms with Crippen LogP contribution in [0.25, 0.3) is 0 Å². The summed E-state index contributed by atoms with van der Waals surface area (Å²) in [5.74, 6) is 0.391. The molecule has 2 heterocycles. The maximum absolute atomic E-state index is 12.6. The van der Waals surface area contributed by atoms with E-state index in [9.17, 15) is 4.79 Å². The van der Waals surface area contributed by atoms with Crippen LogP contribution in [0.4, 0.5) is 0 Å². The Bertz CT molecular complexity index is 645. The van der Waals surface area contributed by atoms with E-state index in [0.717, 1.165) is 18.8 Å². The number of aromatic nitrogens is 2. The third-order valence-electron chi connectivity index (χ3n) is 4.47. The fourth-order valence-electron chi connectivity index (χ4n) is 3.26. The molecule has 1 atom stereocenters. The highest BCUT2D eigenvalue weighted by Crippen LogP contribution is 2.42. The summed E-state index contributed by atoms with van der Waals surface area (Å²) < 4.78 is 0. The number of imidazole rings is 1. The van der Waals surface area contributed by atoms with Crippen LogP contribution >= 0.6 is 0 Å². The average molecular weight is 283 g/mol. The van der Waals surface area contributed by atoms with Gasteiger partial charge in [-0.2, -0.15) is 0 Å². The van der Waals surface area contributed by atoms with Gasteiger partial charge in [-0.15, -0.1) is 0 Å². The lowest BCUT2D eigenvalue weighted by atomic mass is 9.78. The van der Waals surface area contributed by atoms with Crippen LogP contribution < -0.4 is 0 Å². The summed E-state index contributed by atoms with van der Waals surface area (Å²) in [6.45, 7) is 7.86. The van der Waals surface area contributed by atoms with E-state index < -0.39 is 0 Å². The summed E-state index contributed by atoms with van der Waals surface area (Å²) in [5.41, 5.74) is 2.75. The van der Waals surface area contributed by atoms with Crippen LogP contribution in [0.3, 0.4) is 0 Å². The van der Waals surface area contributed by atoms with E-state index in [4.69, 9.17) is 0 Å². The molecule has 1 saturated heterocycles. The number of carbonyl (C=O) groups is 1. The largest absolute Gasteiger partial charge is 0.348 e. The molecule has 1 N–H and O–H groups in total. The van der Waals surface area contributed by atoms with Crippen molar-refractivity contribution >= 4 is 5.91 Å². The zero-order valence-electron chi connectivity index (χ0n) is 12.8. The van der Waals surface area contributed by atoms with Crippen molar-refractivity contribution < 1.29 is 4.79 Å². The lowest BCUT2D eigenvalue weighted by Gasteiger charge is -2.25. The van der Waals surface area contributed by atoms with Gasteiger partial charge in [0, 0.05) is 24.7 Å². The quantitative estimate of drug-likeness (QED) is 0.921. The van der Waals surface area contributed by atoms with Crippen LogP contribution in [0.15, 0.2) is 36.7 Å². The number of benzene rings is 1. The molecule has 3 rings (SSSR count). The van der Waals surface area contributed by atoms with Crippen molar-refractivity contribution in [3.05, 3.63) is 53.6 Å². The van der Waals surface area contributed by atoms with E-state index in [1.807, 2.05) is 17.9 Å². The van der Waals surface area contributed by atoms with Crippen molar-refractivity contribution in [2.45, 2.75) is 26.7 Å². The van der Waals surface area contributed by atoms with Crippen LogP contribution in [-0.4, -0.2) is 33.9 Å². The Hall–Kier alpha value is -2.10. The molecular weight excluding hydrogens is 262 g/mol. The number of hydrogen-bond acceptors (Lipinski definition) is 2. The Morgan fingerprint density at radius 2 is 2.05 bits per heavy atom. The topological polar surface area (TPSA) is 49.0 Å². The molecule has 1 fully saturated rings. The second kappa shape index (κ2) is 5.02. The Kier molecular flexibility index (Phi) is 3.32. The molecule has 2 aromatic rings. The van der Waals surface area contributed by atoms with Crippen LogP contribution in [0, 0.1) is 12.3 Å². The molecule has 1 aliphatic heterocycles. The van der Waals surface area contributed by atoms with Gasteiger partial charge >= 0.3 is 0 Å². The Morgan fingerprint density at radius 3 is 2.67 bits per heavy atom. The summed E-state index contributed by atoms with van der Waals surface area (Å²) in [6.07, 6.45) is 1.58. The number of nitrogens with zero attached hydrogens (tertiary/aromatic N) is 2. The van der Waals surface area contributed by atoms with Gasteiger partial charge in [0.2, 0.25) is 0 Å². The minimum Gasteiger partial charge on any atom is -0.348 e. The SMILES string of the molecule is Cc1[nH]cnc1C(=O)N1C[C@@H](c2ccccc2)C(C)(C)C1. The van der Waals surface area contributed by atoms with Gasteiger partial charge in [-0.1, -0.05) is 44.2 Å². The molecule has 0 radical (unpaired) electrons. The Morgan fingerprint density at radius 1 is 1.33 bits per heavy atom. The average Bonchev–Trinajstić information content (AvgIpc) is 3.02. The highest BCUT2D eigenvalue weighted by molar-refractivity contribution is 5.93. The standard InChI is InChI=1S/C17H21N3O/c1-12-15(19-11-18-12)16(21)20-9-14(17(2,3)10-20)13-7-5-4-6-8-13/h4-8,11,14H,9-10H2,1-3H3,(H,18,19)/t14-/m0/s1. The van der Waals surface area contributed by atoms with Crippen molar-refractivity contribution in [1.82, 2.24) is 14.9 Å². The molecule has 4 nitrogen and oxygen atoms in total. The Balaban J connectivity index is 1.85. The molecule has 0 spiro atoms. The van der Waals surface area contributed by atoms with Gasteiger partial charge in [-0.05, 0) is 17.9 Å². The van der Waals surface area contributed by atoms with Gasteiger partial charge in [0.05, 0.1) is 6.33 Å². The van der Waals surface area contributed by atoms with E-state index in [2.05, 4.69) is 48.1 Å². The molecule has 1 aromatic heterocycles. The van der Waals surface area contributed by atoms with Gasteiger partial charge in [-0.25, -0.2) is 4.98 Å². The summed E-state index contributed by atoms with van der Waals surface area (Å²) in [7, 11) is 0. The zero-order chi connectivity index (χ0) is 15.0. The number of carbonyl (C=O) groups excluding carboxylic acids is 1. The highest BCUT2D eigenvalue weighted by atomic mass is 16.2. The van der Waals surface area contributed by atoms with Gasteiger partial charge in [0.25, 0.3) is 5.91 Å². The van der Waals surface area contributed by atoms with Gasteiger partial charge < -0.3 is 9.88 Å². The molecule has 110 valence electrons. The predicted molar refractivity (Wildman–Crippen MR) is 82.2 cm³/mol. The lowest BCUT2D eigenvalue weighted by molar-refractivity contribution is 0.0772. The number of aromatic amines is 1. The van der Waals surface area contributed by atoms with Gasteiger partial charge in [-0.3, -0.25) is 4.79 Å². The number of likely N-dealkylation sites (tertiary alicyclic amines) is 1. The van der Waals surface area contributed by atoms with Crippen molar-refractivity contribution in [2.24, 2.45) is 5.41 Å². The molecule has 0 unspecified atom stereocenters. The molecule has 1 amide bonds. The molecule has 1 aromatic carbocycles. The normalized spacial score (nSPS) is 20.7. The number of H-pyrrole nitrogens is 1. The minimum atomic E-state index is 0.0280. The summed E-state index contributed by atoms with van der Waals surface area (Å²) in [5, 5.41) is 0. The van der Waals surface area contributed by atoms with Gasteiger partial charge in [0.15, 0.2) is 0 Å². The van der Waals surface area contributed by atoms with E-state index in [-0.39, 0.29) is 11.3 Å². The number of amides is 1. The third kappa shape index (κ3) is 2.46.